The van der Waals surface area contributed by atoms with Gasteiger partial charge in [-0.15, -0.1) is 0 Å². The molecule has 2 aromatic rings. The first-order chi connectivity index (χ1) is 12.9. The number of ether oxygens (including phenoxy) is 3. The predicted octanol–water partition coefficient (Wildman–Crippen LogP) is 3.57. The molecule has 3 rings (SSSR count). The van der Waals surface area contributed by atoms with Crippen LogP contribution in [-0.4, -0.2) is 31.7 Å². The molecule has 1 aliphatic heterocycles. The molecule has 0 atom stereocenters. The molecular formula is C21H23NO5. The molecule has 1 amide bonds. The average molecular weight is 369 g/mol. The van der Waals surface area contributed by atoms with Crippen LogP contribution in [0.1, 0.15) is 33.5 Å². The molecule has 0 aliphatic carbocycles. The van der Waals surface area contributed by atoms with Crippen molar-refractivity contribution >= 4 is 17.6 Å². The SMILES string of the molecule is Cc1cc(C)c(C(=O)OCC(=O)Nc2ccc3c(c2)OCCCO3)c(C)c1. The van der Waals surface area contributed by atoms with E-state index in [9.17, 15) is 9.59 Å². The van der Waals surface area contributed by atoms with Gasteiger partial charge in [-0.1, -0.05) is 17.7 Å². The molecule has 0 saturated carbocycles. The van der Waals surface area contributed by atoms with E-state index in [1.54, 1.807) is 18.2 Å². The third-order valence-corrected chi connectivity index (χ3v) is 4.25. The smallest absolute Gasteiger partial charge is 0.339 e. The Bertz CT molecular complexity index is 852. The maximum absolute atomic E-state index is 12.3. The van der Waals surface area contributed by atoms with Crippen molar-refractivity contribution in [3.8, 4) is 11.5 Å². The normalized spacial score (nSPS) is 12.9. The molecule has 6 nitrogen and oxygen atoms in total. The van der Waals surface area contributed by atoms with Crippen LogP contribution in [0.3, 0.4) is 0 Å². The number of carbonyl (C=O) groups excluding carboxylic acids is 2. The van der Waals surface area contributed by atoms with Gasteiger partial charge in [-0.2, -0.15) is 0 Å². The number of esters is 1. The van der Waals surface area contributed by atoms with E-state index in [1.165, 1.54) is 0 Å². The third kappa shape index (κ3) is 4.58. The van der Waals surface area contributed by atoms with Crippen LogP contribution < -0.4 is 14.8 Å². The minimum Gasteiger partial charge on any atom is -0.490 e. The van der Waals surface area contributed by atoms with Crippen LogP contribution >= 0.6 is 0 Å². The van der Waals surface area contributed by atoms with Gasteiger partial charge in [0, 0.05) is 18.2 Å². The fourth-order valence-electron chi connectivity index (χ4n) is 3.14. The van der Waals surface area contributed by atoms with Crippen molar-refractivity contribution in [3.63, 3.8) is 0 Å². The summed E-state index contributed by atoms with van der Waals surface area (Å²) in [7, 11) is 0. The molecule has 0 aromatic heterocycles. The molecule has 0 fully saturated rings. The molecule has 1 N–H and O–H groups in total. The third-order valence-electron chi connectivity index (χ3n) is 4.25. The van der Waals surface area contributed by atoms with Crippen LogP contribution in [0.15, 0.2) is 30.3 Å². The number of fused-ring (bicyclic) bond motifs is 1. The van der Waals surface area contributed by atoms with Crippen molar-refractivity contribution in [2.24, 2.45) is 0 Å². The second-order valence-corrected chi connectivity index (χ2v) is 6.61. The summed E-state index contributed by atoms with van der Waals surface area (Å²) in [6.07, 6.45) is 0.810. The Labute approximate surface area is 158 Å². The van der Waals surface area contributed by atoms with E-state index in [0.29, 0.717) is 36.0 Å². The Morgan fingerprint density at radius 3 is 2.37 bits per heavy atom. The molecule has 2 aromatic carbocycles. The van der Waals surface area contributed by atoms with E-state index in [4.69, 9.17) is 14.2 Å². The van der Waals surface area contributed by atoms with Gasteiger partial charge in [-0.3, -0.25) is 4.79 Å². The van der Waals surface area contributed by atoms with Gasteiger partial charge in [0.15, 0.2) is 18.1 Å². The first-order valence-electron chi connectivity index (χ1n) is 8.88. The minimum atomic E-state index is -0.501. The molecule has 142 valence electrons. The molecule has 0 bridgehead atoms. The first kappa shape index (κ1) is 18.8. The summed E-state index contributed by atoms with van der Waals surface area (Å²) in [5, 5.41) is 2.71. The number of hydrogen-bond acceptors (Lipinski definition) is 5. The highest BCUT2D eigenvalue weighted by Gasteiger charge is 2.17. The number of nitrogens with one attached hydrogen (secondary N) is 1. The van der Waals surface area contributed by atoms with E-state index in [1.807, 2.05) is 32.9 Å². The highest BCUT2D eigenvalue weighted by atomic mass is 16.5. The zero-order valence-corrected chi connectivity index (χ0v) is 15.8. The van der Waals surface area contributed by atoms with Crippen molar-refractivity contribution in [2.45, 2.75) is 27.2 Å². The maximum Gasteiger partial charge on any atom is 0.339 e. The van der Waals surface area contributed by atoms with Gasteiger partial charge in [0.1, 0.15) is 0 Å². The Hall–Kier alpha value is -3.02. The monoisotopic (exact) mass is 369 g/mol. The summed E-state index contributed by atoms with van der Waals surface area (Å²) >= 11 is 0. The van der Waals surface area contributed by atoms with Gasteiger partial charge >= 0.3 is 5.97 Å². The van der Waals surface area contributed by atoms with Gasteiger partial charge in [0.25, 0.3) is 5.91 Å². The highest BCUT2D eigenvalue weighted by Crippen LogP contribution is 2.32. The van der Waals surface area contributed by atoms with Gasteiger partial charge < -0.3 is 19.5 Å². The second-order valence-electron chi connectivity index (χ2n) is 6.61. The van der Waals surface area contributed by atoms with E-state index in [-0.39, 0.29) is 6.61 Å². The van der Waals surface area contributed by atoms with Crippen LogP contribution in [0.2, 0.25) is 0 Å². The molecule has 0 unspecified atom stereocenters. The van der Waals surface area contributed by atoms with E-state index >= 15 is 0 Å². The second kappa shape index (κ2) is 8.12. The van der Waals surface area contributed by atoms with Crippen molar-refractivity contribution in [3.05, 3.63) is 52.6 Å². The molecule has 0 spiro atoms. The lowest BCUT2D eigenvalue weighted by Crippen LogP contribution is -2.21. The maximum atomic E-state index is 12.3. The summed E-state index contributed by atoms with van der Waals surface area (Å²) in [4.78, 5) is 24.5. The Kier molecular flexibility index (Phi) is 5.64. The van der Waals surface area contributed by atoms with E-state index in [2.05, 4.69) is 5.32 Å². The lowest BCUT2D eigenvalue weighted by molar-refractivity contribution is -0.119. The zero-order valence-electron chi connectivity index (χ0n) is 15.8. The highest BCUT2D eigenvalue weighted by molar-refractivity contribution is 5.97. The van der Waals surface area contributed by atoms with E-state index in [0.717, 1.165) is 23.1 Å². The molecule has 27 heavy (non-hydrogen) atoms. The number of amides is 1. The largest absolute Gasteiger partial charge is 0.490 e. The lowest BCUT2D eigenvalue weighted by Gasteiger charge is -2.12. The summed E-state index contributed by atoms with van der Waals surface area (Å²) in [6.45, 7) is 6.49. The summed E-state index contributed by atoms with van der Waals surface area (Å²) < 4.78 is 16.4. The number of rotatable bonds is 4. The van der Waals surface area contributed by atoms with Crippen molar-refractivity contribution in [1.29, 1.82) is 0 Å². The molecule has 1 heterocycles. The fourth-order valence-corrected chi connectivity index (χ4v) is 3.14. The minimum absolute atomic E-state index is 0.361. The number of carbonyl (C=O) groups is 2. The standard InChI is InChI=1S/C21H23NO5/c1-13-9-14(2)20(15(3)10-13)21(24)27-12-19(23)22-16-5-6-17-18(11-16)26-8-4-7-25-17/h5-6,9-11H,4,7-8,12H2,1-3H3,(H,22,23). The van der Waals surface area contributed by atoms with Gasteiger partial charge in [0.2, 0.25) is 0 Å². The Balaban J connectivity index is 1.60. The van der Waals surface area contributed by atoms with Crippen LogP contribution in [0.25, 0.3) is 0 Å². The zero-order chi connectivity index (χ0) is 19.4. The summed E-state index contributed by atoms with van der Waals surface area (Å²) in [5.74, 6) is 0.328. The average Bonchev–Trinajstić information content (AvgIpc) is 2.84. The number of benzene rings is 2. The van der Waals surface area contributed by atoms with Crippen molar-refractivity contribution in [1.82, 2.24) is 0 Å². The summed E-state index contributed by atoms with van der Waals surface area (Å²) in [5.41, 5.74) is 3.81. The van der Waals surface area contributed by atoms with Crippen LogP contribution in [-0.2, 0) is 9.53 Å². The summed E-state index contributed by atoms with van der Waals surface area (Å²) in [6, 6.07) is 9.01. The van der Waals surface area contributed by atoms with Crippen molar-refractivity contribution in [2.75, 3.05) is 25.1 Å². The first-order valence-corrected chi connectivity index (χ1v) is 8.88. The topological polar surface area (TPSA) is 73.9 Å². The Morgan fingerprint density at radius 1 is 1.00 bits per heavy atom. The van der Waals surface area contributed by atoms with E-state index < -0.39 is 11.9 Å². The molecule has 1 aliphatic rings. The molecule has 0 radical (unpaired) electrons. The molecule has 6 heteroatoms. The Morgan fingerprint density at radius 2 is 1.67 bits per heavy atom. The van der Waals surface area contributed by atoms with Crippen LogP contribution in [0.4, 0.5) is 5.69 Å². The van der Waals surface area contributed by atoms with Crippen LogP contribution in [0.5, 0.6) is 11.5 Å². The van der Waals surface area contributed by atoms with Crippen LogP contribution in [0, 0.1) is 20.8 Å². The van der Waals surface area contributed by atoms with Gasteiger partial charge in [-0.25, -0.2) is 4.79 Å². The molecular weight excluding hydrogens is 346 g/mol. The quantitative estimate of drug-likeness (QED) is 0.834. The number of anilines is 1. The molecule has 0 saturated heterocycles. The van der Waals surface area contributed by atoms with Crippen molar-refractivity contribution < 1.29 is 23.8 Å². The van der Waals surface area contributed by atoms with Gasteiger partial charge in [0.05, 0.1) is 18.8 Å². The number of hydrogen-bond donors (Lipinski definition) is 1. The lowest BCUT2D eigenvalue weighted by atomic mass is 10.00. The van der Waals surface area contributed by atoms with Gasteiger partial charge in [-0.05, 0) is 44.0 Å². The predicted molar refractivity (Wildman–Crippen MR) is 102 cm³/mol. The fraction of sp³-hybridized carbons (Fsp3) is 0.333. The number of aryl methyl sites for hydroxylation is 3.